The molecule has 0 fully saturated rings. The van der Waals surface area contributed by atoms with Crippen LogP contribution in [0.15, 0.2) is 28.9 Å². The van der Waals surface area contributed by atoms with Gasteiger partial charge in [-0.05, 0) is 11.6 Å². The molecule has 0 saturated carbocycles. The second-order valence-corrected chi connectivity index (χ2v) is 2.25. The van der Waals surface area contributed by atoms with Crippen LogP contribution in [0.25, 0.3) is 11.1 Å². The van der Waals surface area contributed by atoms with Crippen LogP contribution in [-0.2, 0) is 0 Å². The molecule has 1 aliphatic heterocycles. The predicted octanol–water partition coefficient (Wildman–Crippen LogP) is 2.19. The number of rotatable bonds is 1. The monoisotopic (exact) mass is 147 g/mol. The minimum Gasteiger partial charge on any atom is -0.468 e. The number of fused-ring (bicyclic) bond motifs is 1. The highest BCUT2D eigenvalue weighted by Gasteiger charge is 2.04. The lowest BCUT2D eigenvalue weighted by atomic mass is 10.2. The first-order valence-corrected chi connectivity index (χ1v) is 3.33. The van der Waals surface area contributed by atoms with Gasteiger partial charge >= 0.3 is 0 Å². The highest BCUT2D eigenvalue weighted by atomic mass is 16.6. The fraction of sp³-hybridized carbons (Fsp3) is 0.111. The van der Waals surface area contributed by atoms with Crippen LogP contribution in [0, 0.1) is 6.07 Å². The van der Waals surface area contributed by atoms with Gasteiger partial charge < -0.3 is 9.15 Å². The Balaban J connectivity index is 2.59. The molecule has 0 unspecified atom stereocenters. The van der Waals surface area contributed by atoms with Crippen LogP contribution in [-0.4, -0.2) is 7.11 Å². The zero-order chi connectivity index (χ0) is 7.68. The third-order valence-electron chi connectivity index (χ3n) is 1.58. The quantitative estimate of drug-likeness (QED) is 0.616. The van der Waals surface area contributed by atoms with E-state index in [0.717, 1.165) is 11.1 Å². The zero-order valence-electron chi connectivity index (χ0n) is 6.13. The first-order valence-electron chi connectivity index (χ1n) is 3.33. The lowest BCUT2D eigenvalue weighted by Gasteiger charge is -2.00. The molecule has 0 spiro atoms. The number of methoxy groups -OCH3 is 1. The van der Waals surface area contributed by atoms with Gasteiger partial charge in [0.05, 0.1) is 7.11 Å². The third-order valence-corrected chi connectivity index (χ3v) is 1.58. The van der Waals surface area contributed by atoms with Crippen LogP contribution < -0.4 is 4.74 Å². The van der Waals surface area contributed by atoms with E-state index in [1.807, 2.05) is 18.2 Å². The average Bonchev–Trinajstić information content (AvgIpc) is 2.50. The van der Waals surface area contributed by atoms with Gasteiger partial charge in [-0.2, -0.15) is 0 Å². The molecule has 1 radical (unpaired) electrons. The maximum absolute atomic E-state index is 5.11. The van der Waals surface area contributed by atoms with Gasteiger partial charge in [0.1, 0.15) is 6.26 Å². The number of ether oxygens (including phenoxy) is 1. The molecule has 2 aliphatic rings. The molecule has 2 nitrogen and oxygen atoms in total. The van der Waals surface area contributed by atoms with Gasteiger partial charge in [0.15, 0.2) is 0 Å². The molecule has 0 amide bonds. The lowest BCUT2D eigenvalue weighted by molar-refractivity contribution is 0.297. The van der Waals surface area contributed by atoms with Gasteiger partial charge in [0.2, 0.25) is 0 Å². The van der Waals surface area contributed by atoms with E-state index in [1.54, 1.807) is 13.4 Å². The smallest absolute Gasteiger partial charge is 0.284 e. The molecule has 1 aliphatic carbocycles. The normalized spacial score (nSPS) is 10.3. The molecular formula is C9H7O2. The van der Waals surface area contributed by atoms with Crippen molar-refractivity contribution in [3.8, 4) is 17.1 Å². The average molecular weight is 147 g/mol. The van der Waals surface area contributed by atoms with Gasteiger partial charge in [-0.25, -0.2) is 0 Å². The number of hydrogen-bond donors (Lipinski definition) is 0. The summed E-state index contributed by atoms with van der Waals surface area (Å²) < 4.78 is 10.0. The van der Waals surface area contributed by atoms with Crippen molar-refractivity contribution in [3.63, 3.8) is 0 Å². The lowest BCUT2D eigenvalue weighted by Crippen LogP contribution is -1.82. The maximum Gasteiger partial charge on any atom is 0.284 e. The third kappa shape index (κ3) is 0.963. The molecule has 0 N–H and O–H groups in total. The molecule has 0 saturated heterocycles. The van der Waals surface area contributed by atoms with E-state index in [4.69, 9.17) is 9.15 Å². The van der Waals surface area contributed by atoms with Gasteiger partial charge in [0, 0.05) is 11.6 Å². The van der Waals surface area contributed by atoms with Crippen molar-refractivity contribution in [2.75, 3.05) is 7.11 Å². The summed E-state index contributed by atoms with van der Waals surface area (Å²) in [6, 6.07) is 8.67. The summed E-state index contributed by atoms with van der Waals surface area (Å²) >= 11 is 0. The molecule has 55 valence electrons. The highest BCUT2D eigenvalue weighted by molar-refractivity contribution is 5.64. The second kappa shape index (κ2) is 2.31. The molecule has 0 atom stereocenters. The molecule has 0 aromatic carbocycles. The van der Waals surface area contributed by atoms with Crippen LogP contribution in [0.5, 0.6) is 5.95 Å². The fourth-order valence-electron chi connectivity index (χ4n) is 1.00. The summed E-state index contributed by atoms with van der Waals surface area (Å²) in [5, 5.41) is 0. The molecule has 11 heavy (non-hydrogen) atoms. The summed E-state index contributed by atoms with van der Waals surface area (Å²) in [4.78, 5) is 0. The van der Waals surface area contributed by atoms with Gasteiger partial charge in [-0.15, -0.1) is 0 Å². The van der Waals surface area contributed by atoms with E-state index >= 15 is 0 Å². The molecule has 0 bridgehead atoms. The Bertz CT molecular complexity index is 324. The Kier molecular flexibility index (Phi) is 1.32. The van der Waals surface area contributed by atoms with Gasteiger partial charge in [-0.1, -0.05) is 12.1 Å². The van der Waals surface area contributed by atoms with Crippen molar-refractivity contribution in [2.24, 2.45) is 0 Å². The van der Waals surface area contributed by atoms with E-state index in [2.05, 4.69) is 6.07 Å². The van der Waals surface area contributed by atoms with E-state index in [9.17, 15) is 0 Å². The van der Waals surface area contributed by atoms with E-state index in [-0.39, 0.29) is 0 Å². The first-order chi connectivity index (χ1) is 5.40. The van der Waals surface area contributed by atoms with Crippen LogP contribution >= 0.6 is 0 Å². The van der Waals surface area contributed by atoms with E-state index in [0.29, 0.717) is 5.95 Å². The van der Waals surface area contributed by atoms with Crippen molar-refractivity contribution < 1.29 is 9.15 Å². The van der Waals surface area contributed by atoms with Gasteiger partial charge in [-0.3, -0.25) is 0 Å². The van der Waals surface area contributed by atoms with Crippen LogP contribution in [0.3, 0.4) is 0 Å². The summed E-state index contributed by atoms with van der Waals surface area (Å²) in [6.07, 6.45) is 1.66. The molecule has 0 aromatic heterocycles. The molecular weight excluding hydrogens is 140 g/mol. The Morgan fingerprint density at radius 1 is 1.55 bits per heavy atom. The van der Waals surface area contributed by atoms with Crippen molar-refractivity contribution in [1.82, 2.24) is 0 Å². The zero-order valence-corrected chi connectivity index (χ0v) is 6.13. The van der Waals surface area contributed by atoms with Crippen LogP contribution in [0.2, 0.25) is 0 Å². The summed E-state index contributed by atoms with van der Waals surface area (Å²) in [5.74, 6) is 0.514. The topological polar surface area (TPSA) is 22.4 Å². The van der Waals surface area contributed by atoms with Crippen LogP contribution in [0.4, 0.5) is 0 Å². The largest absolute Gasteiger partial charge is 0.468 e. The van der Waals surface area contributed by atoms with E-state index in [1.165, 1.54) is 0 Å². The van der Waals surface area contributed by atoms with Gasteiger partial charge in [0.25, 0.3) is 5.95 Å². The standard InChI is InChI=1S/C9H7O2/c1-10-9-5-7-3-2-4-8(7)6-11-9/h2,4-6H,1H3. The highest BCUT2D eigenvalue weighted by Crippen LogP contribution is 2.26. The minimum absolute atomic E-state index is 0.514. The molecule has 1 heterocycles. The van der Waals surface area contributed by atoms with E-state index < -0.39 is 0 Å². The molecule has 2 heteroatoms. The fourth-order valence-corrected chi connectivity index (χ4v) is 1.00. The Labute approximate surface area is 64.7 Å². The summed E-state index contributed by atoms with van der Waals surface area (Å²) in [5.41, 5.74) is 2.07. The van der Waals surface area contributed by atoms with Crippen molar-refractivity contribution in [3.05, 3.63) is 30.5 Å². The SMILES string of the molecule is COc1cc2[c]ccc-2co1. The van der Waals surface area contributed by atoms with Crippen molar-refractivity contribution >= 4 is 0 Å². The summed E-state index contributed by atoms with van der Waals surface area (Å²) in [6.45, 7) is 0. The Morgan fingerprint density at radius 2 is 2.45 bits per heavy atom. The minimum atomic E-state index is 0.514. The van der Waals surface area contributed by atoms with Crippen molar-refractivity contribution in [2.45, 2.75) is 0 Å². The molecule has 0 aromatic rings. The second-order valence-electron chi connectivity index (χ2n) is 2.25. The van der Waals surface area contributed by atoms with Crippen LogP contribution in [0.1, 0.15) is 0 Å². The number of hydrogen-bond acceptors (Lipinski definition) is 2. The Hall–Kier alpha value is -1.44. The maximum atomic E-state index is 5.11. The Morgan fingerprint density at radius 3 is 3.27 bits per heavy atom. The molecule has 2 rings (SSSR count). The summed E-state index contributed by atoms with van der Waals surface area (Å²) in [7, 11) is 1.58. The first kappa shape index (κ1) is 6.28. The van der Waals surface area contributed by atoms with Crippen molar-refractivity contribution in [1.29, 1.82) is 0 Å². The predicted molar refractivity (Wildman–Crippen MR) is 40.7 cm³/mol.